The van der Waals surface area contributed by atoms with Crippen LogP contribution in [-0.2, 0) is 0 Å². The molecule has 0 radical (unpaired) electrons. The molecule has 0 aromatic heterocycles. The molecule has 0 atom stereocenters. The van der Waals surface area contributed by atoms with Crippen LogP contribution in [0.4, 0.5) is 5.69 Å². The van der Waals surface area contributed by atoms with Crippen LogP contribution >= 0.6 is 23.5 Å². The van der Waals surface area contributed by atoms with E-state index in [0.29, 0.717) is 4.58 Å². The number of nitro groups is 1. The first-order valence-corrected chi connectivity index (χ1v) is 7.69. The van der Waals surface area contributed by atoms with E-state index < -0.39 is 0 Å². The van der Waals surface area contributed by atoms with Gasteiger partial charge in [-0.1, -0.05) is 12.1 Å². The van der Waals surface area contributed by atoms with Crippen LogP contribution in [0.25, 0.3) is 0 Å². The number of nitrogens with zero attached hydrogens (tertiary/aromatic N) is 2. The third-order valence-electron chi connectivity index (χ3n) is 3.16. The molecule has 1 aromatic carbocycles. The zero-order chi connectivity index (χ0) is 12.5. The van der Waals surface area contributed by atoms with Crippen LogP contribution in [0, 0.1) is 10.1 Å². The predicted molar refractivity (Wildman–Crippen MR) is 75.3 cm³/mol. The van der Waals surface area contributed by atoms with Crippen LogP contribution < -0.4 is 0 Å². The number of hydrogen-bond acceptors (Lipinski definition) is 4. The Labute approximate surface area is 114 Å². The Balaban J connectivity index is 1.67. The summed E-state index contributed by atoms with van der Waals surface area (Å²) in [7, 11) is 0. The molecule has 0 aliphatic carbocycles. The summed E-state index contributed by atoms with van der Waals surface area (Å²) in [6.45, 7) is 2.37. The van der Waals surface area contributed by atoms with Gasteiger partial charge in [-0.05, 0) is 29.1 Å². The molecule has 0 amide bonds. The van der Waals surface area contributed by atoms with Gasteiger partial charge in [-0.15, -0.1) is 0 Å². The molecule has 0 spiro atoms. The highest BCUT2D eigenvalue weighted by atomic mass is 32.3. The van der Waals surface area contributed by atoms with Crippen molar-refractivity contribution in [2.45, 2.75) is 17.4 Å². The number of hydrogen-bond donors (Lipinski definition) is 0. The molecule has 2 saturated heterocycles. The molecular weight excluding hydrogens is 268 g/mol. The van der Waals surface area contributed by atoms with Crippen LogP contribution in [-0.4, -0.2) is 27.0 Å². The molecule has 2 fully saturated rings. The van der Waals surface area contributed by atoms with Crippen molar-refractivity contribution in [2.24, 2.45) is 0 Å². The van der Waals surface area contributed by atoms with Crippen LogP contribution in [0.1, 0.15) is 23.0 Å². The number of thioether (sulfide) groups is 2. The van der Waals surface area contributed by atoms with E-state index in [0.717, 1.165) is 0 Å². The van der Waals surface area contributed by atoms with Gasteiger partial charge in [-0.25, -0.2) is 4.58 Å². The van der Waals surface area contributed by atoms with Gasteiger partial charge in [0.05, 0.1) is 9.51 Å². The smallest absolute Gasteiger partial charge is 0.258 e. The lowest BCUT2D eigenvalue weighted by Gasteiger charge is -2.23. The van der Waals surface area contributed by atoms with Crippen molar-refractivity contribution >= 4 is 33.6 Å². The van der Waals surface area contributed by atoms with Gasteiger partial charge >= 0.3 is 0 Å². The maximum absolute atomic E-state index is 10.6. The van der Waals surface area contributed by atoms with Gasteiger partial charge in [0.1, 0.15) is 13.1 Å². The van der Waals surface area contributed by atoms with Gasteiger partial charge in [0.15, 0.2) is 0 Å². The fraction of sp³-hybridized carbons (Fsp3) is 0.417. The van der Waals surface area contributed by atoms with Gasteiger partial charge in [-0.3, -0.25) is 10.1 Å². The number of nitro benzene ring substituents is 1. The van der Waals surface area contributed by atoms with E-state index in [9.17, 15) is 10.1 Å². The first kappa shape index (κ1) is 12.0. The first-order chi connectivity index (χ1) is 8.74. The minimum atomic E-state index is -0.355. The second-order valence-electron chi connectivity index (χ2n) is 4.38. The third-order valence-corrected chi connectivity index (χ3v) is 6.20. The summed E-state index contributed by atoms with van der Waals surface area (Å²) in [5.41, 5.74) is 1.33. The van der Waals surface area contributed by atoms with E-state index in [1.807, 2.05) is 35.7 Å². The highest BCUT2D eigenvalue weighted by Crippen LogP contribution is 2.54. The summed E-state index contributed by atoms with van der Waals surface area (Å²) < 4.78 is 4.26. The standard InChI is InChI=1S/C12H13N2O2S2/c15-14(16)10-5-3-9(4-6-10)11-17-12(18-11)13-7-1-2-8-13/h3-6,11H,1-2,7-8H2/q+1. The summed E-state index contributed by atoms with van der Waals surface area (Å²) in [5.74, 6) is 0. The lowest BCUT2D eigenvalue weighted by Crippen LogP contribution is -2.20. The van der Waals surface area contributed by atoms with Gasteiger partial charge < -0.3 is 0 Å². The molecule has 6 heteroatoms. The zero-order valence-corrected chi connectivity index (χ0v) is 11.4. The Morgan fingerprint density at radius 1 is 1.17 bits per heavy atom. The van der Waals surface area contributed by atoms with Crippen molar-refractivity contribution in [3.63, 3.8) is 0 Å². The molecule has 0 unspecified atom stereocenters. The summed E-state index contributed by atoms with van der Waals surface area (Å²) in [4.78, 5) is 10.2. The molecule has 2 aliphatic heterocycles. The van der Waals surface area contributed by atoms with E-state index in [1.54, 1.807) is 12.1 Å². The Morgan fingerprint density at radius 2 is 1.78 bits per heavy atom. The summed E-state index contributed by atoms with van der Waals surface area (Å²) in [5, 5.41) is 10.6. The first-order valence-electron chi connectivity index (χ1n) is 5.93. The van der Waals surface area contributed by atoms with Gasteiger partial charge in [0.25, 0.3) is 10.1 Å². The molecule has 2 heterocycles. The molecule has 0 bridgehead atoms. The summed E-state index contributed by atoms with van der Waals surface area (Å²) in [6, 6.07) is 6.90. The Hall–Kier alpha value is -1.01. The average Bonchev–Trinajstić information content (AvgIpc) is 2.81. The molecule has 0 N–H and O–H groups in total. The maximum atomic E-state index is 10.6. The molecule has 2 aliphatic rings. The largest absolute Gasteiger partial charge is 0.272 e. The van der Waals surface area contributed by atoms with Gasteiger partial charge in [-0.2, -0.15) is 0 Å². The molecule has 3 rings (SSSR count). The Morgan fingerprint density at radius 3 is 2.33 bits per heavy atom. The molecular formula is C12H13N2O2S2+. The number of non-ortho nitro benzene ring substituents is 1. The lowest BCUT2D eigenvalue weighted by molar-refractivity contribution is -0.500. The van der Waals surface area contributed by atoms with E-state index in [4.69, 9.17) is 0 Å². The normalized spacial score (nSPS) is 23.0. The highest BCUT2D eigenvalue weighted by Gasteiger charge is 2.37. The van der Waals surface area contributed by atoms with Crippen molar-refractivity contribution in [3.8, 4) is 0 Å². The third kappa shape index (κ3) is 2.27. The minimum Gasteiger partial charge on any atom is -0.258 e. The van der Waals surface area contributed by atoms with Crippen molar-refractivity contribution in [3.05, 3.63) is 39.9 Å². The fourth-order valence-electron chi connectivity index (χ4n) is 2.13. The quantitative estimate of drug-likeness (QED) is 0.474. The van der Waals surface area contributed by atoms with E-state index >= 15 is 0 Å². The molecule has 1 aromatic rings. The van der Waals surface area contributed by atoms with Crippen LogP contribution in [0.5, 0.6) is 0 Å². The van der Waals surface area contributed by atoms with E-state index in [2.05, 4.69) is 4.58 Å². The van der Waals surface area contributed by atoms with Crippen molar-refractivity contribution in [2.75, 3.05) is 13.1 Å². The fourth-order valence-corrected chi connectivity index (χ4v) is 4.60. The lowest BCUT2D eigenvalue weighted by atomic mass is 10.2. The molecule has 0 saturated carbocycles. The highest BCUT2D eigenvalue weighted by molar-refractivity contribution is 8.52. The van der Waals surface area contributed by atoms with Crippen molar-refractivity contribution < 1.29 is 9.50 Å². The molecule has 94 valence electrons. The summed E-state index contributed by atoms with van der Waals surface area (Å²) in [6.07, 6.45) is 2.60. The van der Waals surface area contributed by atoms with Crippen LogP contribution in [0.15, 0.2) is 24.3 Å². The maximum Gasteiger partial charge on any atom is 0.272 e. The number of benzene rings is 1. The molecule has 18 heavy (non-hydrogen) atoms. The Kier molecular flexibility index (Phi) is 3.30. The van der Waals surface area contributed by atoms with E-state index in [-0.39, 0.29) is 10.6 Å². The van der Waals surface area contributed by atoms with Crippen LogP contribution in [0.2, 0.25) is 0 Å². The second kappa shape index (κ2) is 4.93. The van der Waals surface area contributed by atoms with Gasteiger partial charge in [0.2, 0.25) is 0 Å². The molecule has 4 nitrogen and oxygen atoms in total. The average molecular weight is 281 g/mol. The monoisotopic (exact) mass is 281 g/mol. The zero-order valence-electron chi connectivity index (χ0n) is 9.74. The van der Waals surface area contributed by atoms with Crippen molar-refractivity contribution in [1.82, 2.24) is 0 Å². The van der Waals surface area contributed by atoms with Crippen LogP contribution in [0.3, 0.4) is 0 Å². The Bertz CT molecular complexity index is 497. The second-order valence-corrected chi connectivity index (χ2v) is 7.12. The van der Waals surface area contributed by atoms with E-state index in [1.165, 1.54) is 35.9 Å². The predicted octanol–water partition coefficient (Wildman–Crippen LogP) is 3.24. The van der Waals surface area contributed by atoms with Crippen molar-refractivity contribution in [1.29, 1.82) is 0 Å². The number of rotatable bonds is 2. The minimum absolute atomic E-state index is 0.164. The SMILES string of the molecule is O=[N+]([O-])c1ccc(C2SC(=[N+]3CCCC3)S2)cc1. The van der Waals surface area contributed by atoms with Gasteiger partial charge in [0, 0.05) is 25.0 Å². The summed E-state index contributed by atoms with van der Waals surface area (Å²) >= 11 is 3.75. The topological polar surface area (TPSA) is 46.1 Å².